The van der Waals surface area contributed by atoms with E-state index in [-0.39, 0.29) is 12.1 Å². The minimum atomic E-state index is -0.335. The molecule has 1 amide bonds. The van der Waals surface area contributed by atoms with Crippen molar-refractivity contribution >= 4 is 6.09 Å². The molecule has 2 heterocycles. The summed E-state index contributed by atoms with van der Waals surface area (Å²) in [7, 11) is 0. The van der Waals surface area contributed by atoms with Gasteiger partial charge in [-0.3, -0.25) is 0 Å². The van der Waals surface area contributed by atoms with Crippen molar-refractivity contribution in [1.82, 2.24) is 14.9 Å². The molecule has 0 bridgehead atoms. The molecule has 1 aliphatic heterocycles. The Morgan fingerprint density at radius 2 is 2.43 bits per heavy atom. The number of carbonyl (C=O) groups excluding carboxylic acids is 1. The van der Waals surface area contributed by atoms with Crippen LogP contribution in [-0.4, -0.2) is 22.3 Å². The number of nitrogens with zero attached hydrogens (tertiary/aromatic N) is 2. The second-order valence-corrected chi connectivity index (χ2v) is 3.75. The van der Waals surface area contributed by atoms with E-state index in [1.165, 1.54) is 12.8 Å². The van der Waals surface area contributed by atoms with Gasteiger partial charge in [-0.15, -0.1) is 0 Å². The smallest absolute Gasteiger partial charge is 0.407 e. The molecule has 5 heteroatoms. The summed E-state index contributed by atoms with van der Waals surface area (Å²) in [5.74, 6) is 0. The van der Waals surface area contributed by atoms with E-state index in [0.29, 0.717) is 12.6 Å². The normalized spacial score (nSPS) is 26.0. The fraction of sp³-hybridized carbons (Fsp3) is 0.556. The molecular formula is C9H11N3O2. The van der Waals surface area contributed by atoms with E-state index in [4.69, 9.17) is 4.74 Å². The molecule has 0 radical (unpaired) electrons. The third kappa shape index (κ3) is 1.16. The Bertz CT molecular complexity index is 370. The number of rotatable bonds is 2. The quantitative estimate of drug-likeness (QED) is 0.762. The molecule has 1 aromatic rings. The SMILES string of the molecule is O=C1NC(c2cncn2C2CC2)CO1. The third-order valence-corrected chi connectivity index (χ3v) is 2.67. The van der Waals surface area contributed by atoms with Gasteiger partial charge in [-0.25, -0.2) is 9.78 Å². The van der Waals surface area contributed by atoms with Gasteiger partial charge in [-0.05, 0) is 12.8 Å². The lowest BCUT2D eigenvalue weighted by Gasteiger charge is -2.10. The molecule has 1 atom stereocenters. The maximum Gasteiger partial charge on any atom is 0.407 e. The van der Waals surface area contributed by atoms with Gasteiger partial charge < -0.3 is 14.6 Å². The van der Waals surface area contributed by atoms with E-state index in [2.05, 4.69) is 14.9 Å². The van der Waals surface area contributed by atoms with Gasteiger partial charge in [0.05, 0.1) is 18.2 Å². The number of hydrogen-bond acceptors (Lipinski definition) is 3. The van der Waals surface area contributed by atoms with Crippen LogP contribution in [0.25, 0.3) is 0 Å². The summed E-state index contributed by atoms with van der Waals surface area (Å²) >= 11 is 0. The van der Waals surface area contributed by atoms with Gasteiger partial charge in [0.1, 0.15) is 12.6 Å². The number of carbonyl (C=O) groups is 1. The van der Waals surface area contributed by atoms with Crippen LogP contribution in [0.4, 0.5) is 4.79 Å². The Labute approximate surface area is 81.1 Å². The van der Waals surface area contributed by atoms with E-state index < -0.39 is 0 Å². The molecule has 1 aromatic heterocycles. The van der Waals surface area contributed by atoms with E-state index in [1.54, 1.807) is 6.20 Å². The first-order valence-corrected chi connectivity index (χ1v) is 4.79. The lowest BCUT2D eigenvalue weighted by Crippen LogP contribution is -2.20. The van der Waals surface area contributed by atoms with Crippen LogP contribution in [0.1, 0.15) is 30.6 Å². The highest BCUT2D eigenvalue weighted by Crippen LogP contribution is 2.37. The molecule has 1 aliphatic carbocycles. The maximum atomic E-state index is 10.9. The Hall–Kier alpha value is -1.52. The van der Waals surface area contributed by atoms with Crippen LogP contribution < -0.4 is 5.32 Å². The van der Waals surface area contributed by atoms with Gasteiger partial charge in [0, 0.05) is 6.04 Å². The van der Waals surface area contributed by atoms with Crippen LogP contribution >= 0.6 is 0 Å². The van der Waals surface area contributed by atoms with Crippen molar-refractivity contribution in [1.29, 1.82) is 0 Å². The first kappa shape index (κ1) is 7.84. The lowest BCUT2D eigenvalue weighted by atomic mass is 10.2. The number of cyclic esters (lactones) is 1. The topological polar surface area (TPSA) is 56.2 Å². The van der Waals surface area contributed by atoms with Crippen molar-refractivity contribution in [3.05, 3.63) is 18.2 Å². The summed E-state index contributed by atoms with van der Waals surface area (Å²) in [5, 5.41) is 2.76. The van der Waals surface area contributed by atoms with Crippen LogP contribution in [0.2, 0.25) is 0 Å². The zero-order valence-electron chi connectivity index (χ0n) is 7.64. The van der Waals surface area contributed by atoms with Crippen molar-refractivity contribution in [2.75, 3.05) is 6.61 Å². The zero-order valence-corrected chi connectivity index (χ0v) is 7.64. The number of nitrogens with one attached hydrogen (secondary N) is 1. The van der Waals surface area contributed by atoms with Gasteiger partial charge in [0.25, 0.3) is 0 Å². The second-order valence-electron chi connectivity index (χ2n) is 3.75. The summed E-state index contributed by atoms with van der Waals surface area (Å²) in [4.78, 5) is 15.0. The van der Waals surface area contributed by atoms with Crippen LogP contribution in [0.5, 0.6) is 0 Å². The van der Waals surface area contributed by atoms with Gasteiger partial charge in [-0.1, -0.05) is 0 Å². The molecule has 74 valence electrons. The number of hydrogen-bond donors (Lipinski definition) is 1. The van der Waals surface area contributed by atoms with E-state index in [0.717, 1.165) is 5.69 Å². The lowest BCUT2D eigenvalue weighted by molar-refractivity contribution is 0.176. The number of ether oxygens (including phenoxy) is 1. The zero-order chi connectivity index (χ0) is 9.54. The number of alkyl carbamates (subject to hydrolysis) is 1. The van der Waals surface area contributed by atoms with Crippen LogP contribution in [-0.2, 0) is 4.74 Å². The molecule has 3 rings (SSSR count). The van der Waals surface area contributed by atoms with Gasteiger partial charge >= 0.3 is 6.09 Å². The molecule has 0 aromatic carbocycles. The van der Waals surface area contributed by atoms with Gasteiger partial charge in [0.2, 0.25) is 0 Å². The summed E-state index contributed by atoms with van der Waals surface area (Å²) in [5.41, 5.74) is 1.05. The van der Waals surface area contributed by atoms with E-state index >= 15 is 0 Å². The highest BCUT2D eigenvalue weighted by atomic mass is 16.6. The average Bonchev–Trinajstić information content (AvgIpc) is 2.75. The fourth-order valence-corrected chi connectivity index (χ4v) is 1.79. The molecule has 2 fully saturated rings. The predicted octanol–water partition coefficient (Wildman–Crippen LogP) is 0.999. The Balaban J connectivity index is 1.87. The number of imidazole rings is 1. The number of amides is 1. The van der Waals surface area contributed by atoms with Gasteiger partial charge in [0.15, 0.2) is 0 Å². The molecule has 1 unspecified atom stereocenters. The van der Waals surface area contributed by atoms with Crippen molar-refractivity contribution in [3.63, 3.8) is 0 Å². The molecule has 1 saturated heterocycles. The summed E-state index contributed by atoms with van der Waals surface area (Å²) in [6.07, 6.45) is 5.73. The minimum absolute atomic E-state index is 0.0226. The Morgan fingerprint density at radius 1 is 1.57 bits per heavy atom. The predicted molar refractivity (Wildman–Crippen MR) is 47.7 cm³/mol. The second kappa shape index (κ2) is 2.73. The van der Waals surface area contributed by atoms with Crippen LogP contribution in [0.3, 0.4) is 0 Å². The molecule has 2 aliphatic rings. The van der Waals surface area contributed by atoms with Crippen LogP contribution in [0.15, 0.2) is 12.5 Å². The summed E-state index contributed by atoms with van der Waals surface area (Å²) in [6, 6.07) is 0.565. The molecular weight excluding hydrogens is 182 g/mol. The molecule has 14 heavy (non-hydrogen) atoms. The van der Waals surface area contributed by atoms with Gasteiger partial charge in [-0.2, -0.15) is 0 Å². The molecule has 0 spiro atoms. The monoisotopic (exact) mass is 193 g/mol. The summed E-state index contributed by atoms with van der Waals surface area (Å²) in [6.45, 7) is 0.414. The van der Waals surface area contributed by atoms with E-state index in [1.807, 2.05) is 6.33 Å². The highest BCUT2D eigenvalue weighted by Gasteiger charge is 2.31. The van der Waals surface area contributed by atoms with Crippen molar-refractivity contribution < 1.29 is 9.53 Å². The molecule has 5 nitrogen and oxygen atoms in total. The largest absolute Gasteiger partial charge is 0.447 e. The maximum absolute atomic E-state index is 10.9. The first-order valence-electron chi connectivity index (χ1n) is 4.79. The van der Waals surface area contributed by atoms with E-state index in [9.17, 15) is 4.79 Å². The van der Waals surface area contributed by atoms with Crippen molar-refractivity contribution in [2.45, 2.75) is 24.9 Å². The number of aromatic nitrogens is 2. The Morgan fingerprint density at radius 3 is 3.07 bits per heavy atom. The average molecular weight is 193 g/mol. The van der Waals surface area contributed by atoms with Crippen LogP contribution in [0, 0.1) is 0 Å². The third-order valence-electron chi connectivity index (χ3n) is 2.67. The fourth-order valence-electron chi connectivity index (χ4n) is 1.79. The Kier molecular flexibility index (Phi) is 1.53. The van der Waals surface area contributed by atoms with Crippen molar-refractivity contribution in [2.24, 2.45) is 0 Å². The summed E-state index contributed by atoms with van der Waals surface area (Å²) < 4.78 is 6.99. The highest BCUT2D eigenvalue weighted by molar-refractivity contribution is 5.69. The van der Waals surface area contributed by atoms with Crippen molar-refractivity contribution in [3.8, 4) is 0 Å². The molecule has 1 N–H and O–H groups in total. The minimum Gasteiger partial charge on any atom is -0.447 e. The molecule has 1 saturated carbocycles. The first-order chi connectivity index (χ1) is 6.84. The standard InChI is InChI=1S/C9H11N3O2/c13-9-11-7(4-14-9)8-3-10-5-12(8)6-1-2-6/h3,5-7H,1-2,4H2,(H,11,13).